The van der Waals surface area contributed by atoms with Gasteiger partial charge in [-0.3, -0.25) is 9.59 Å². The van der Waals surface area contributed by atoms with Gasteiger partial charge in [-0.05, 0) is 31.3 Å². The van der Waals surface area contributed by atoms with Crippen molar-refractivity contribution in [3.63, 3.8) is 0 Å². The monoisotopic (exact) mass is 390 g/mol. The highest BCUT2D eigenvalue weighted by molar-refractivity contribution is 7.13. The summed E-state index contributed by atoms with van der Waals surface area (Å²) in [5.74, 6) is -0.463. The number of nitrogens with zero attached hydrogens (tertiary/aromatic N) is 4. The molecule has 1 aliphatic rings. The lowest BCUT2D eigenvalue weighted by atomic mass is 10.2. The molecule has 1 aromatic carbocycles. The number of benzene rings is 1. The molecule has 6 nitrogen and oxygen atoms in total. The van der Waals surface area contributed by atoms with Crippen LogP contribution in [0.25, 0.3) is 10.6 Å². The van der Waals surface area contributed by atoms with Crippen LogP contribution in [0.3, 0.4) is 0 Å². The zero-order valence-corrected chi connectivity index (χ0v) is 16.3. The fourth-order valence-corrected chi connectivity index (χ4v) is 3.68. The number of aromatic nitrogens is 1. The van der Waals surface area contributed by atoms with Gasteiger partial charge in [-0.25, -0.2) is 9.37 Å². The number of carbonyl (C=O) groups is 2. The van der Waals surface area contributed by atoms with Crippen molar-refractivity contribution in [3.05, 3.63) is 41.2 Å². The van der Waals surface area contributed by atoms with Crippen LogP contribution in [0, 0.1) is 5.82 Å². The van der Waals surface area contributed by atoms with Gasteiger partial charge in [0.15, 0.2) is 0 Å². The van der Waals surface area contributed by atoms with Crippen molar-refractivity contribution >= 4 is 23.2 Å². The number of amides is 2. The van der Waals surface area contributed by atoms with E-state index >= 15 is 0 Å². The van der Waals surface area contributed by atoms with Crippen LogP contribution in [0.5, 0.6) is 0 Å². The lowest BCUT2D eigenvalue weighted by Gasteiger charge is -2.33. The second kappa shape index (κ2) is 8.58. The molecule has 1 fully saturated rings. The van der Waals surface area contributed by atoms with E-state index in [1.807, 2.05) is 12.4 Å². The van der Waals surface area contributed by atoms with E-state index in [0.29, 0.717) is 18.8 Å². The van der Waals surface area contributed by atoms with Gasteiger partial charge in [0, 0.05) is 44.2 Å². The van der Waals surface area contributed by atoms with Crippen LogP contribution in [-0.4, -0.2) is 78.3 Å². The largest absolute Gasteiger partial charge is 0.339 e. The number of thiazole rings is 1. The Balaban J connectivity index is 1.54. The predicted octanol–water partition coefficient (Wildman–Crippen LogP) is 1.72. The maximum atomic E-state index is 13.0. The molecule has 8 heteroatoms. The van der Waals surface area contributed by atoms with Gasteiger partial charge in [-0.2, -0.15) is 0 Å². The lowest BCUT2D eigenvalue weighted by molar-refractivity contribution is -0.140. The minimum atomic E-state index is -0.294. The molecule has 1 aromatic heterocycles. The topological polar surface area (TPSA) is 56.8 Å². The second-order valence-electron chi connectivity index (χ2n) is 6.76. The standard InChI is InChI=1S/C19H23FN4O2S/c1-22-7-9-24(10-8-22)18(26)12-23(2)17(25)11-16-13-27-19(21-16)14-3-5-15(20)6-4-14/h3-6,13H,7-12H2,1-2H3. The molecule has 144 valence electrons. The highest BCUT2D eigenvalue weighted by atomic mass is 32.1. The molecule has 3 rings (SSSR count). The quantitative estimate of drug-likeness (QED) is 0.780. The van der Waals surface area contributed by atoms with Crippen molar-refractivity contribution in [1.29, 1.82) is 0 Å². The molecule has 0 spiro atoms. The highest BCUT2D eigenvalue weighted by Gasteiger charge is 2.22. The predicted molar refractivity (Wildman–Crippen MR) is 103 cm³/mol. The lowest BCUT2D eigenvalue weighted by Crippen LogP contribution is -2.50. The molecule has 0 aliphatic carbocycles. The van der Waals surface area contributed by atoms with Crippen LogP contribution in [0.1, 0.15) is 5.69 Å². The summed E-state index contributed by atoms with van der Waals surface area (Å²) in [4.78, 5) is 34.7. The first-order valence-electron chi connectivity index (χ1n) is 8.83. The Morgan fingerprint density at radius 1 is 1.19 bits per heavy atom. The van der Waals surface area contributed by atoms with Gasteiger partial charge < -0.3 is 14.7 Å². The van der Waals surface area contributed by atoms with E-state index in [1.165, 1.54) is 28.4 Å². The maximum Gasteiger partial charge on any atom is 0.242 e. The molecule has 0 atom stereocenters. The van der Waals surface area contributed by atoms with Crippen molar-refractivity contribution in [2.75, 3.05) is 46.8 Å². The number of carbonyl (C=O) groups excluding carboxylic acids is 2. The Kier molecular flexibility index (Phi) is 6.18. The molecule has 1 aliphatic heterocycles. The Labute approximate surface area is 162 Å². The van der Waals surface area contributed by atoms with Crippen molar-refractivity contribution in [2.24, 2.45) is 0 Å². The molecule has 0 radical (unpaired) electrons. The fourth-order valence-electron chi connectivity index (χ4n) is 2.85. The van der Waals surface area contributed by atoms with E-state index < -0.39 is 0 Å². The number of hydrogen-bond donors (Lipinski definition) is 0. The van der Waals surface area contributed by atoms with E-state index in [9.17, 15) is 14.0 Å². The van der Waals surface area contributed by atoms with Crippen LogP contribution >= 0.6 is 11.3 Å². The van der Waals surface area contributed by atoms with E-state index in [1.54, 1.807) is 24.1 Å². The molecular formula is C19H23FN4O2S. The van der Waals surface area contributed by atoms with E-state index in [-0.39, 0.29) is 30.6 Å². The van der Waals surface area contributed by atoms with Gasteiger partial charge in [0.1, 0.15) is 10.8 Å². The zero-order valence-electron chi connectivity index (χ0n) is 15.5. The third-order valence-corrected chi connectivity index (χ3v) is 5.57. The minimum Gasteiger partial charge on any atom is -0.339 e. The average molecular weight is 390 g/mol. The maximum absolute atomic E-state index is 13.0. The highest BCUT2D eigenvalue weighted by Crippen LogP contribution is 2.24. The first-order chi connectivity index (χ1) is 12.9. The van der Waals surface area contributed by atoms with E-state index in [0.717, 1.165) is 23.7 Å². The van der Waals surface area contributed by atoms with E-state index in [4.69, 9.17) is 0 Å². The Bertz CT molecular complexity index is 800. The molecule has 0 unspecified atom stereocenters. The molecule has 0 bridgehead atoms. The first-order valence-corrected chi connectivity index (χ1v) is 9.71. The van der Waals surface area contributed by atoms with Crippen molar-refractivity contribution in [3.8, 4) is 10.6 Å². The van der Waals surface area contributed by atoms with Gasteiger partial charge in [0.25, 0.3) is 0 Å². The summed E-state index contributed by atoms with van der Waals surface area (Å²) in [6.45, 7) is 3.19. The number of halogens is 1. The number of rotatable bonds is 5. The molecule has 1 saturated heterocycles. The molecular weight excluding hydrogens is 367 g/mol. The average Bonchev–Trinajstić information content (AvgIpc) is 3.11. The van der Waals surface area contributed by atoms with Crippen LogP contribution < -0.4 is 0 Å². The summed E-state index contributed by atoms with van der Waals surface area (Å²) in [6.07, 6.45) is 0.143. The van der Waals surface area contributed by atoms with E-state index in [2.05, 4.69) is 9.88 Å². The summed E-state index contributed by atoms with van der Waals surface area (Å²) in [5, 5.41) is 2.57. The second-order valence-corrected chi connectivity index (χ2v) is 7.62. The third kappa shape index (κ3) is 5.11. The first kappa shape index (κ1) is 19.4. The van der Waals surface area contributed by atoms with Gasteiger partial charge in [0.2, 0.25) is 11.8 Å². The molecule has 2 amide bonds. The number of hydrogen-bond acceptors (Lipinski definition) is 5. The van der Waals surface area contributed by atoms with Crippen molar-refractivity contribution < 1.29 is 14.0 Å². The van der Waals surface area contributed by atoms with Crippen LogP contribution in [0.2, 0.25) is 0 Å². The van der Waals surface area contributed by atoms with Gasteiger partial charge >= 0.3 is 0 Å². The Morgan fingerprint density at radius 3 is 2.52 bits per heavy atom. The SMILES string of the molecule is CN1CCN(C(=O)CN(C)C(=O)Cc2csc(-c3ccc(F)cc3)n2)CC1. The summed E-state index contributed by atoms with van der Waals surface area (Å²) >= 11 is 1.41. The van der Waals surface area contributed by atoms with Crippen LogP contribution in [0.15, 0.2) is 29.6 Å². The summed E-state index contributed by atoms with van der Waals surface area (Å²) in [6, 6.07) is 6.11. The molecule has 0 saturated carbocycles. The Morgan fingerprint density at radius 2 is 1.85 bits per heavy atom. The van der Waals surface area contributed by atoms with Crippen molar-refractivity contribution in [2.45, 2.75) is 6.42 Å². The smallest absolute Gasteiger partial charge is 0.242 e. The molecule has 2 aromatic rings. The Hall–Kier alpha value is -2.32. The normalized spacial score (nSPS) is 15.0. The summed E-state index contributed by atoms with van der Waals surface area (Å²) in [5.41, 5.74) is 1.47. The molecule has 0 N–H and O–H groups in total. The number of likely N-dealkylation sites (N-methyl/N-ethyl adjacent to an activating group) is 2. The van der Waals surface area contributed by atoms with Crippen LogP contribution in [-0.2, 0) is 16.0 Å². The minimum absolute atomic E-state index is 0.0239. The third-order valence-electron chi connectivity index (χ3n) is 4.63. The van der Waals surface area contributed by atoms with Gasteiger partial charge in [0.05, 0.1) is 18.7 Å². The summed E-state index contributed by atoms with van der Waals surface area (Å²) in [7, 11) is 3.68. The molecule has 2 heterocycles. The van der Waals surface area contributed by atoms with Crippen LogP contribution in [0.4, 0.5) is 4.39 Å². The fraction of sp³-hybridized carbons (Fsp3) is 0.421. The van der Waals surface area contributed by atoms with Gasteiger partial charge in [-0.1, -0.05) is 0 Å². The number of piperazine rings is 1. The van der Waals surface area contributed by atoms with Crippen molar-refractivity contribution in [1.82, 2.24) is 19.7 Å². The zero-order chi connectivity index (χ0) is 19.4. The summed E-state index contributed by atoms with van der Waals surface area (Å²) < 4.78 is 13.0. The molecule has 27 heavy (non-hydrogen) atoms. The van der Waals surface area contributed by atoms with Gasteiger partial charge in [-0.15, -0.1) is 11.3 Å².